The van der Waals surface area contributed by atoms with Gasteiger partial charge in [-0.15, -0.1) is 0 Å². The van der Waals surface area contributed by atoms with Gasteiger partial charge >= 0.3 is 0 Å². The third kappa shape index (κ3) is 2.88. The molecule has 0 saturated heterocycles. The molecule has 0 saturated carbocycles. The number of aromatic nitrogens is 2. The maximum atomic E-state index is 3.49. The van der Waals surface area contributed by atoms with E-state index in [1.54, 1.807) is 0 Å². The van der Waals surface area contributed by atoms with E-state index >= 15 is 0 Å². The molecule has 2 heterocycles. The molecule has 0 spiro atoms. The Hall–Kier alpha value is -5.26. The third-order valence-corrected chi connectivity index (χ3v) is 9.17. The lowest BCUT2D eigenvalue weighted by atomic mass is 9.82. The van der Waals surface area contributed by atoms with Gasteiger partial charge in [-0.3, -0.25) is 0 Å². The second-order valence-corrected chi connectivity index (χ2v) is 11.6. The normalized spacial score (nSPS) is 13.6. The zero-order valence-corrected chi connectivity index (χ0v) is 22.9. The average Bonchev–Trinajstić information content (AvgIpc) is 3.61. The average molecular weight is 523 g/mol. The van der Waals surface area contributed by atoms with Crippen LogP contribution >= 0.6 is 0 Å². The summed E-state index contributed by atoms with van der Waals surface area (Å²) in [5, 5.41) is 4.83. The predicted molar refractivity (Wildman–Crippen MR) is 170 cm³/mol. The molecule has 0 N–H and O–H groups in total. The maximum absolute atomic E-state index is 3.49. The fourth-order valence-corrected chi connectivity index (χ4v) is 7.36. The summed E-state index contributed by atoms with van der Waals surface area (Å²) in [6.07, 6.45) is 0. The zero-order valence-electron chi connectivity index (χ0n) is 22.9. The second-order valence-electron chi connectivity index (χ2n) is 11.6. The van der Waals surface area contributed by atoms with Crippen molar-refractivity contribution >= 4 is 43.6 Å². The summed E-state index contributed by atoms with van der Waals surface area (Å²) >= 11 is 0. The van der Waals surface area contributed by atoms with Crippen LogP contribution in [0.3, 0.4) is 0 Å². The van der Waals surface area contributed by atoms with E-state index < -0.39 is 0 Å². The molecule has 1 aliphatic rings. The molecule has 8 aromatic rings. The van der Waals surface area contributed by atoms with E-state index in [0.29, 0.717) is 0 Å². The van der Waals surface area contributed by atoms with Crippen LogP contribution < -0.4 is 0 Å². The summed E-state index contributed by atoms with van der Waals surface area (Å²) in [7, 11) is 0. The Bertz CT molecular complexity index is 2330. The molecule has 2 aromatic heterocycles. The van der Waals surface area contributed by atoms with E-state index in [4.69, 9.17) is 0 Å². The molecule has 1 aliphatic carbocycles. The largest absolute Gasteiger partial charge is 0.309 e. The summed E-state index contributed by atoms with van der Waals surface area (Å²) in [4.78, 5) is 0. The number of rotatable bonds is 2. The number of benzene rings is 5. The molecule has 2 heteroatoms. The van der Waals surface area contributed by atoms with Gasteiger partial charge in [0.15, 0.2) is 0 Å². The van der Waals surface area contributed by atoms with Crippen LogP contribution in [0.4, 0.5) is 0 Å². The van der Waals surface area contributed by atoms with Crippen LogP contribution in [0.15, 0.2) is 121 Å². The third-order valence-electron chi connectivity index (χ3n) is 9.17. The van der Waals surface area contributed by atoms with Crippen molar-refractivity contribution in [3.8, 4) is 22.5 Å². The van der Waals surface area contributed by atoms with Crippen molar-refractivity contribution in [1.82, 2.24) is 9.13 Å². The molecular formula is C39H26N2. The smallest absolute Gasteiger partial charge is 0.0632 e. The minimum atomic E-state index is -0.0109. The van der Waals surface area contributed by atoms with E-state index in [1.807, 2.05) is 6.07 Å². The molecular weight excluding hydrogens is 496 g/mol. The first-order valence-electron chi connectivity index (χ1n) is 14.2. The van der Waals surface area contributed by atoms with Crippen LogP contribution in [0.5, 0.6) is 0 Å². The van der Waals surface area contributed by atoms with Gasteiger partial charge < -0.3 is 9.13 Å². The van der Waals surface area contributed by atoms with Crippen LogP contribution in [0.1, 0.15) is 25.0 Å². The highest BCUT2D eigenvalue weighted by atomic mass is 15.0. The molecule has 6 aromatic carbocycles. The minimum absolute atomic E-state index is 0.0109. The van der Waals surface area contributed by atoms with Gasteiger partial charge in [-0.2, -0.15) is 0 Å². The van der Waals surface area contributed by atoms with E-state index in [0.717, 1.165) is 16.6 Å². The fourth-order valence-electron chi connectivity index (χ4n) is 7.36. The molecule has 0 bridgehead atoms. The van der Waals surface area contributed by atoms with Crippen molar-refractivity contribution in [2.24, 2.45) is 0 Å². The summed E-state index contributed by atoms with van der Waals surface area (Å²) in [5.74, 6) is 0. The predicted octanol–water partition coefficient (Wildman–Crippen LogP) is 9.79. The van der Waals surface area contributed by atoms with Crippen molar-refractivity contribution in [1.29, 1.82) is 0 Å². The first-order valence-corrected chi connectivity index (χ1v) is 14.2. The van der Waals surface area contributed by atoms with Crippen molar-refractivity contribution in [3.05, 3.63) is 145 Å². The first-order chi connectivity index (χ1) is 20.1. The van der Waals surface area contributed by atoms with Crippen LogP contribution in [0.2, 0.25) is 0 Å². The molecule has 0 unspecified atom stereocenters. The molecule has 0 aliphatic heterocycles. The lowest BCUT2D eigenvalue weighted by Crippen LogP contribution is -2.14. The van der Waals surface area contributed by atoms with Gasteiger partial charge in [0.1, 0.15) is 0 Å². The summed E-state index contributed by atoms with van der Waals surface area (Å²) in [6, 6.07) is 50.8. The standard InChI is InChI=1S/C39H26N2/c1-39(2)31-17-9-6-14-27(31)30-24-26(20-21-32(30)39)41-34-19-11-8-16-29(34)38-36(41)23-22-35-37(38)28-15-7-10-18-33(28)40(35)25-12-4-3-5-13-25/h3-6,8-14,16-24H,1-2H3. The Morgan fingerprint density at radius 1 is 0.537 bits per heavy atom. The van der Waals surface area contributed by atoms with Gasteiger partial charge in [0.2, 0.25) is 0 Å². The summed E-state index contributed by atoms with van der Waals surface area (Å²) in [5.41, 5.74) is 12.5. The summed E-state index contributed by atoms with van der Waals surface area (Å²) in [6.45, 7) is 4.68. The van der Waals surface area contributed by atoms with Gasteiger partial charge in [-0.05, 0) is 76.9 Å². The Morgan fingerprint density at radius 2 is 1.24 bits per heavy atom. The number of fused-ring (bicyclic) bond motifs is 10. The van der Waals surface area contributed by atoms with Crippen molar-refractivity contribution in [2.75, 3.05) is 0 Å². The monoisotopic (exact) mass is 522 g/mol. The van der Waals surface area contributed by atoms with Crippen molar-refractivity contribution in [3.63, 3.8) is 0 Å². The van der Waals surface area contributed by atoms with Gasteiger partial charge in [0.25, 0.3) is 0 Å². The highest BCUT2D eigenvalue weighted by Gasteiger charge is 2.35. The van der Waals surface area contributed by atoms with E-state index in [9.17, 15) is 0 Å². The second kappa shape index (κ2) is 7.90. The Morgan fingerprint density at radius 3 is 2.12 bits per heavy atom. The lowest BCUT2D eigenvalue weighted by molar-refractivity contribution is 0.660. The molecule has 9 rings (SSSR count). The molecule has 0 amide bonds. The number of nitrogens with zero attached hydrogens (tertiary/aromatic N) is 2. The van der Waals surface area contributed by atoms with Gasteiger partial charge in [-0.1, -0.05) is 92.7 Å². The van der Waals surface area contributed by atoms with Gasteiger partial charge in [-0.25, -0.2) is 0 Å². The van der Waals surface area contributed by atoms with Crippen LogP contribution in [0.25, 0.3) is 66.1 Å². The van der Waals surface area contributed by atoms with E-state index in [-0.39, 0.29) is 5.41 Å². The quantitative estimate of drug-likeness (QED) is 0.214. The van der Waals surface area contributed by atoms with Crippen LogP contribution in [0, 0.1) is 12.1 Å². The molecule has 0 radical (unpaired) electrons. The summed E-state index contributed by atoms with van der Waals surface area (Å²) < 4.78 is 4.80. The van der Waals surface area contributed by atoms with Crippen molar-refractivity contribution < 1.29 is 0 Å². The Kier molecular flexibility index (Phi) is 4.35. The zero-order chi connectivity index (χ0) is 27.3. The van der Waals surface area contributed by atoms with Crippen LogP contribution in [-0.2, 0) is 5.41 Å². The molecule has 0 fully saturated rings. The SMILES string of the molecule is CC1(C)c2ccccc2-c2cc(-n3c4ccccc4c4c5c6c#cccc6n(-c6ccccc6)c5ccc43)ccc21. The highest BCUT2D eigenvalue weighted by Crippen LogP contribution is 2.49. The number of hydrogen-bond donors (Lipinski definition) is 0. The van der Waals surface area contributed by atoms with E-state index in [1.165, 1.54) is 60.6 Å². The van der Waals surface area contributed by atoms with Gasteiger partial charge in [0, 0.05) is 32.9 Å². The van der Waals surface area contributed by atoms with E-state index in [2.05, 4.69) is 150 Å². The molecule has 41 heavy (non-hydrogen) atoms. The topological polar surface area (TPSA) is 9.86 Å². The maximum Gasteiger partial charge on any atom is 0.0632 e. The Labute approximate surface area is 238 Å². The fraction of sp³-hybridized carbons (Fsp3) is 0.0769. The molecule has 2 nitrogen and oxygen atoms in total. The van der Waals surface area contributed by atoms with Crippen LogP contribution in [-0.4, -0.2) is 9.13 Å². The lowest BCUT2D eigenvalue weighted by Gasteiger charge is -2.21. The van der Waals surface area contributed by atoms with Gasteiger partial charge in [0.05, 0.1) is 27.5 Å². The Balaban J connectivity index is 1.41. The first kappa shape index (κ1) is 22.5. The van der Waals surface area contributed by atoms with Crippen molar-refractivity contribution in [2.45, 2.75) is 19.3 Å². The molecule has 192 valence electrons. The number of hydrogen-bond acceptors (Lipinski definition) is 0. The minimum Gasteiger partial charge on any atom is -0.309 e. The number of para-hydroxylation sites is 2. The highest BCUT2D eigenvalue weighted by molar-refractivity contribution is 6.28. The molecule has 0 atom stereocenters.